The lowest BCUT2D eigenvalue weighted by Crippen LogP contribution is -2.41. The van der Waals surface area contributed by atoms with Crippen LogP contribution in [0.2, 0.25) is 0 Å². The fourth-order valence-electron chi connectivity index (χ4n) is 3.29. The molecule has 1 atom stereocenters. The summed E-state index contributed by atoms with van der Waals surface area (Å²) in [5.41, 5.74) is 2.68. The number of benzene rings is 1. The lowest BCUT2D eigenvalue weighted by atomic mass is 9.98. The molecule has 0 aliphatic carbocycles. The Morgan fingerprint density at radius 1 is 1.40 bits per heavy atom. The van der Waals surface area contributed by atoms with Gasteiger partial charge in [-0.25, -0.2) is 0 Å². The fraction of sp³-hybridized carbons (Fsp3) is 0.647. The minimum absolute atomic E-state index is 0.656. The van der Waals surface area contributed by atoms with E-state index in [0.29, 0.717) is 12.0 Å². The molecule has 2 heterocycles. The molecule has 2 aliphatic heterocycles. The molecule has 3 rings (SSSR count). The van der Waals surface area contributed by atoms with E-state index in [1.807, 2.05) is 0 Å². The summed E-state index contributed by atoms with van der Waals surface area (Å²) in [6.07, 6.45) is 3.73. The Morgan fingerprint density at radius 3 is 3.15 bits per heavy atom. The van der Waals surface area contributed by atoms with Crippen molar-refractivity contribution in [3.8, 4) is 5.75 Å². The molecule has 0 spiro atoms. The minimum atomic E-state index is 0.656. The first-order valence-corrected chi connectivity index (χ1v) is 7.96. The van der Waals surface area contributed by atoms with Gasteiger partial charge in [0, 0.05) is 30.7 Å². The molecule has 2 aliphatic rings. The van der Waals surface area contributed by atoms with E-state index in [4.69, 9.17) is 4.74 Å². The first-order chi connectivity index (χ1) is 9.72. The Balaban J connectivity index is 1.54. The third-order valence-electron chi connectivity index (χ3n) is 4.55. The topological polar surface area (TPSA) is 24.5 Å². The molecule has 0 saturated carbocycles. The molecule has 1 saturated heterocycles. The molecule has 1 unspecified atom stereocenters. The van der Waals surface area contributed by atoms with Gasteiger partial charge in [-0.05, 0) is 63.4 Å². The van der Waals surface area contributed by atoms with E-state index in [2.05, 4.69) is 42.3 Å². The molecule has 20 heavy (non-hydrogen) atoms. The highest BCUT2D eigenvalue weighted by Crippen LogP contribution is 2.27. The standard InChI is InChI=1S/C17H26N2O/c1-13(2)19-9-3-4-14(11-19)12-20-16-5-6-17-15(10-16)7-8-18-17/h5-6,10,13-14,18H,3-4,7-9,11-12H2,1-2H3. The number of hydrogen-bond donors (Lipinski definition) is 1. The third kappa shape index (κ3) is 3.09. The third-order valence-corrected chi connectivity index (χ3v) is 4.55. The van der Waals surface area contributed by atoms with E-state index >= 15 is 0 Å². The van der Waals surface area contributed by atoms with Gasteiger partial charge in [0.2, 0.25) is 0 Å². The van der Waals surface area contributed by atoms with Crippen LogP contribution < -0.4 is 10.1 Å². The van der Waals surface area contributed by atoms with Crippen molar-refractivity contribution in [1.82, 2.24) is 4.90 Å². The summed E-state index contributed by atoms with van der Waals surface area (Å²) in [6, 6.07) is 7.11. The maximum Gasteiger partial charge on any atom is 0.119 e. The van der Waals surface area contributed by atoms with Crippen molar-refractivity contribution in [3.63, 3.8) is 0 Å². The average molecular weight is 274 g/mol. The highest BCUT2D eigenvalue weighted by Gasteiger charge is 2.22. The summed E-state index contributed by atoms with van der Waals surface area (Å²) in [5, 5.41) is 3.39. The molecular formula is C17H26N2O. The summed E-state index contributed by atoms with van der Waals surface area (Å²) in [6.45, 7) is 8.93. The molecule has 1 aromatic carbocycles. The normalized spacial score (nSPS) is 22.6. The first-order valence-electron chi connectivity index (χ1n) is 7.96. The van der Waals surface area contributed by atoms with Crippen molar-refractivity contribution in [2.45, 2.75) is 39.2 Å². The largest absolute Gasteiger partial charge is 0.493 e. The van der Waals surface area contributed by atoms with E-state index in [0.717, 1.165) is 25.3 Å². The lowest BCUT2D eigenvalue weighted by Gasteiger charge is -2.35. The molecule has 1 N–H and O–H groups in total. The van der Waals surface area contributed by atoms with Crippen LogP contribution in [0.3, 0.4) is 0 Å². The van der Waals surface area contributed by atoms with Crippen LogP contribution in [0.25, 0.3) is 0 Å². The van der Waals surface area contributed by atoms with Gasteiger partial charge < -0.3 is 15.0 Å². The number of nitrogens with one attached hydrogen (secondary N) is 1. The van der Waals surface area contributed by atoms with Crippen molar-refractivity contribution in [2.24, 2.45) is 5.92 Å². The van der Waals surface area contributed by atoms with Crippen LogP contribution >= 0.6 is 0 Å². The summed E-state index contributed by atoms with van der Waals surface area (Å²) in [4.78, 5) is 2.57. The predicted octanol–water partition coefficient (Wildman–Crippen LogP) is 3.15. The monoisotopic (exact) mass is 274 g/mol. The summed E-state index contributed by atoms with van der Waals surface area (Å²) < 4.78 is 6.04. The van der Waals surface area contributed by atoms with Gasteiger partial charge in [0.15, 0.2) is 0 Å². The molecule has 0 bridgehead atoms. The van der Waals surface area contributed by atoms with Crippen molar-refractivity contribution >= 4 is 5.69 Å². The number of likely N-dealkylation sites (tertiary alicyclic amines) is 1. The summed E-state index contributed by atoms with van der Waals surface area (Å²) >= 11 is 0. The molecule has 0 aromatic heterocycles. The molecular weight excluding hydrogens is 248 g/mol. The quantitative estimate of drug-likeness (QED) is 0.913. The summed E-state index contributed by atoms with van der Waals surface area (Å²) in [7, 11) is 0. The van der Waals surface area contributed by atoms with Gasteiger partial charge in [-0.1, -0.05) is 0 Å². The van der Waals surface area contributed by atoms with Crippen LogP contribution in [-0.4, -0.2) is 37.2 Å². The predicted molar refractivity (Wildman–Crippen MR) is 83.6 cm³/mol. The van der Waals surface area contributed by atoms with E-state index in [1.54, 1.807) is 0 Å². The number of piperidine rings is 1. The molecule has 3 nitrogen and oxygen atoms in total. The number of hydrogen-bond acceptors (Lipinski definition) is 3. The zero-order valence-electron chi connectivity index (χ0n) is 12.7. The molecule has 3 heteroatoms. The zero-order valence-corrected chi connectivity index (χ0v) is 12.7. The van der Waals surface area contributed by atoms with Crippen LogP contribution in [0, 0.1) is 5.92 Å². The number of anilines is 1. The van der Waals surface area contributed by atoms with E-state index in [9.17, 15) is 0 Å². The van der Waals surface area contributed by atoms with Gasteiger partial charge >= 0.3 is 0 Å². The fourth-order valence-corrected chi connectivity index (χ4v) is 3.29. The Bertz CT molecular complexity index is 458. The molecule has 0 amide bonds. The smallest absolute Gasteiger partial charge is 0.119 e. The van der Waals surface area contributed by atoms with Gasteiger partial charge in [0.25, 0.3) is 0 Å². The first kappa shape index (κ1) is 13.7. The van der Waals surface area contributed by atoms with Crippen LogP contribution in [0.15, 0.2) is 18.2 Å². The van der Waals surface area contributed by atoms with Crippen molar-refractivity contribution < 1.29 is 4.74 Å². The highest BCUT2D eigenvalue weighted by atomic mass is 16.5. The van der Waals surface area contributed by atoms with Gasteiger partial charge in [0.1, 0.15) is 5.75 Å². The average Bonchev–Trinajstić information content (AvgIpc) is 2.93. The highest BCUT2D eigenvalue weighted by molar-refractivity contribution is 5.57. The van der Waals surface area contributed by atoms with E-state index < -0.39 is 0 Å². The van der Waals surface area contributed by atoms with Gasteiger partial charge in [-0.15, -0.1) is 0 Å². The molecule has 0 radical (unpaired) electrons. The van der Waals surface area contributed by atoms with Gasteiger partial charge in [-0.2, -0.15) is 0 Å². The second-order valence-electron chi connectivity index (χ2n) is 6.40. The minimum Gasteiger partial charge on any atom is -0.493 e. The van der Waals surface area contributed by atoms with Crippen LogP contribution in [0.5, 0.6) is 5.75 Å². The number of nitrogens with zero attached hydrogens (tertiary/aromatic N) is 1. The van der Waals surface area contributed by atoms with Gasteiger partial charge in [-0.3, -0.25) is 0 Å². The van der Waals surface area contributed by atoms with Crippen LogP contribution in [-0.2, 0) is 6.42 Å². The van der Waals surface area contributed by atoms with E-state index in [1.165, 1.54) is 37.2 Å². The molecule has 1 aromatic rings. The van der Waals surface area contributed by atoms with Crippen molar-refractivity contribution in [2.75, 3.05) is 31.6 Å². The van der Waals surface area contributed by atoms with Gasteiger partial charge in [0.05, 0.1) is 6.61 Å². The second kappa shape index (κ2) is 6.04. The lowest BCUT2D eigenvalue weighted by molar-refractivity contribution is 0.107. The van der Waals surface area contributed by atoms with Crippen molar-refractivity contribution in [1.29, 1.82) is 0 Å². The second-order valence-corrected chi connectivity index (χ2v) is 6.40. The van der Waals surface area contributed by atoms with Crippen molar-refractivity contribution in [3.05, 3.63) is 23.8 Å². The molecule has 110 valence electrons. The molecule has 1 fully saturated rings. The van der Waals surface area contributed by atoms with E-state index in [-0.39, 0.29) is 0 Å². The zero-order chi connectivity index (χ0) is 13.9. The Hall–Kier alpha value is -1.22. The number of fused-ring (bicyclic) bond motifs is 1. The number of rotatable bonds is 4. The summed E-state index contributed by atoms with van der Waals surface area (Å²) in [5.74, 6) is 1.71. The maximum atomic E-state index is 6.04. The van der Waals surface area contributed by atoms with Crippen LogP contribution in [0.4, 0.5) is 5.69 Å². The number of ether oxygens (including phenoxy) is 1. The Morgan fingerprint density at radius 2 is 2.30 bits per heavy atom. The Labute approximate surface area is 122 Å². The van der Waals surface area contributed by atoms with Crippen LogP contribution in [0.1, 0.15) is 32.3 Å². The SMILES string of the molecule is CC(C)N1CCCC(COc2ccc3c(c2)CCN3)C1. The Kier molecular flexibility index (Phi) is 4.16. The maximum absolute atomic E-state index is 6.04.